The molecule has 1 aliphatic carbocycles. The topological polar surface area (TPSA) is 175 Å². The number of carbonyl (C=O) groups is 5. The van der Waals surface area contributed by atoms with Crippen LogP contribution in [0.15, 0.2) is 141 Å². The van der Waals surface area contributed by atoms with Crippen LogP contribution in [-0.4, -0.2) is 154 Å². The lowest BCUT2D eigenvalue weighted by Crippen LogP contribution is -2.51. The van der Waals surface area contributed by atoms with Crippen LogP contribution in [0.1, 0.15) is 129 Å². The molecule has 5 aliphatic rings. The molecule has 460 valence electrons. The second-order valence-electron chi connectivity index (χ2n) is 25.0. The van der Waals surface area contributed by atoms with Gasteiger partial charge >= 0.3 is 0 Å². The molecule has 86 heavy (non-hydrogen) atoms. The molecule has 0 radical (unpaired) electrons. The minimum atomic E-state index is -4.24. The molecule has 4 heterocycles. The summed E-state index contributed by atoms with van der Waals surface area (Å²) in [5.74, 6) is -0.551. The van der Waals surface area contributed by atoms with Gasteiger partial charge in [-0.3, -0.25) is 38.7 Å². The van der Waals surface area contributed by atoms with E-state index in [1.165, 1.54) is 29.7 Å². The number of hydrogen-bond acceptors (Lipinski definition) is 14. The third kappa shape index (κ3) is 16.0. The monoisotopic (exact) mass is 1230 g/mol. The first-order valence-electron chi connectivity index (χ1n) is 30.7. The highest BCUT2D eigenvalue weighted by atomic mass is 32.2. The number of rotatable bonds is 25. The standard InChI is InChI=1S/C67H87N9O7S3/c1-46(2)41-47(3)56-43-67(5,6)30-28-50(56)44-73-35-37-74(38-36-73)51-23-21-49(22-24-51)63(78)70-86(82,83)54-25-27-58(60(84)42-54)71(7)52(45-85-53-15-10-8-11-16-53)29-32-72-33-39-75(40-34-72)61(77)19-12-9-13-31-68-57-18-14-17-55-62(57)66(81)76(65(55)80)59-26-20-48(4)69-64(59)79/h8,10-11,14-18,21-25,27,42,46,52,59,68,84H,3-4,9,12-13,19-20,26,28-41,43-45H2,1-2,5-7H3,(H,69,79)(H,70,78). The fourth-order valence-electron chi connectivity index (χ4n) is 12.5. The van der Waals surface area contributed by atoms with E-state index < -0.39 is 39.7 Å². The summed E-state index contributed by atoms with van der Waals surface area (Å²) in [6.07, 6.45) is 8.84. The highest BCUT2D eigenvalue weighted by molar-refractivity contribution is 7.99. The first kappa shape index (κ1) is 64.1. The molecule has 3 N–H and O–H groups in total. The number of benzene rings is 4. The van der Waals surface area contributed by atoms with Crippen LogP contribution in [-0.2, 0) is 19.6 Å². The van der Waals surface area contributed by atoms with Gasteiger partial charge in [0.05, 0.1) is 21.7 Å². The van der Waals surface area contributed by atoms with Gasteiger partial charge in [-0.05, 0) is 141 Å². The Labute approximate surface area is 519 Å². The van der Waals surface area contributed by atoms with Crippen LogP contribution in [0.4, 0.5) is 17.1 Å². The number of thioether (sulfide) groups is 1. The van der Waals surface area contributed by atoms with Gasteiger partial charge in [-0.25, -0.2) is 13.1 Å². The molecule has 0 bridgehead atoms. The third-order valence-corrected chi connectivity index (χ3v) is 20.5. The maximum atomic E-state index is 13.8. The number of amides is 5. The highest BCUT2D eigenvalue weighted by Crippen LogP contribution is 2.43. The van der Waals surface area contributed by atoms with E-state index in [0.29, 0.717) is 66.5 Å². The van der Waals surface area contributed by atoms with E-state index in [0.717, 1.165) is 124 Å². The Balaban J connectivity index is 0.720. The third-order valence-electron chi connectivity index (χ3n) is 17.6. The van der Waals surface area contributed by atoms with E-state index in [1.807, 2.05) is 42.3 Å². The molecule has 4 aliphatic heterocycles. The summed E-state index contributed by atoms with van der Waals surface area (Å²) < 4.78 is 29.9. The van der Waals surface area contributed by atoms with E-state index >= 15 is 0 Å². The number of thiol groups is 1. The Kier molecular flexibility index (Phi) is 21.3. The number of imide groups is 1. The average Bonchev–Trinajstić information content (AvgIpc) is 1.78. The molecule has 19 heteroatoms. The number of piperidine rings is 1. The van der Waals surface area contributed by atoms with Crippen LogP contribution < -0.4 is 25.2 Å². The molecule has 2 atom stereocenters. The van der Waals surface area contributed by atoms with Crippen molar-refractivity contribution < 1.29 is 32.4 Å². The van der Waals surface area contributed by atoms with Crippen LogP contribution in [0.25, 0.3) is 0 Å². The zero-order valence-electron chi connectivity index (χ0n) is 50.9. The van der Waals surface area contributed by atoms with Crippen molar-refractivity contribution in [1.29, 1.82) is 0 Å². The van der Waals surface area contributed by atoms with E-state index in [-0.39, 0.29) is 33.5 Å². The molecule has 4 aromatic carbocycles. The maximum absolute atomic E-state index is 13.8. The van der Waals surface area contributed by atoms with E-state index in [9.17, 15) is 32.4 Å². The molecule has 0 saturated carbocycles. The molecule has 0 aromatic heterocycles. The van der Waals surface area contributed by atoms with Crippen molar-refractivity contribution in [1.82, 2.24) is 29.6 Å². The molecule has 3 saturated heterocycles. The van der Waals surface area contributed by atoms with Gasteiger partial charge < -0.3 is 25.3 Å². The number of piperazine rings is 2. The van der Waals surface area contributed by atoms with Crippen molar-refractivity contribution >= 4 is 81.0 Å². The number of allylic oxidation sites excluding steroid dienone is 3. The van der Waals surface area contributed by atoms with Crippen LogP contribution >= 0.6 is 24.4 Å². The summed E-state index contributed by atoms with van der Waals surface area (Å²) in [7, 11) is -2.23. The normalized spacial score (nSPS) is 19.0. The molecular weight excluding hydrogens is 1140 g/mol. The van der Waals surface area contributed by atoms with Crippen LogP contribution in [0.3, 0.4) is 0 Å². The largest absolute Gasteiger partial charge is 0.384 e. The average molecular weight is 1230 g/mol. The maximum Gasteiger partial charge on any atom is 0.264 e. The van der Waals surface area contributed by atoms with E-state index in [4.69, 9.17) is 12.6 Å². The lowest BCUT2D eigenvalue weighted by molar-refractivity contribution is -0.133. The predicted octanol–water partition coefficient (Wildman–Crippen LogP) is 10.5. The molecule has 3 fully saturated rings. The van der Waals surface area contributed by atoms with Gasteiger partial charge in [0.25, 0.3) is 27.7 Å². The van der Waals surface area contributed by atoms with Crippen LogP contribution in [0.5, 0.6) is 0 Å². The number of hydrogen-bond donors (Lipinski definition) is 4. The molecule has 5 amide bonds. The second-order valence-corrected chi connectivity index (χ2v) is 28.3. The second kappa shape index (κ2) is 28.6. The first-order valence-corrected chi connectivity index (χ1v) is 33.6. The summed E-state index contributed by atoms with van der Waals surface area (Å²) >= 11 is 6.59. The van der Waals surface area contributed by atoms with Gasteiger partial charge in [0.15, 0.2) is 0 Å². The van der Waals surface area contributed by atoms with Gasteiger partial charge in [-0.15, -0.1) is 24.4 Å². The lowest BCUT2D eigenvalue weighted by atomic mass is 9.71. The zero-order chi connectivity index (χ0) is 61.3. The SMILES string of the molecule is C=C1CCC(N2C(=O)c3cccc(NCCCCCC(=O)N4CCN(CCC(CSc5ccccc5)N(C)c5ccc(S(=O)(=O)NC(=O)c6ccc(N7CCN(CC8=C(C(=C)CC(C)C)CC(C)(C)CC8)CC7)cc6)cc5S)CC4)c3C2=O)C(=O)N1. The summed E-state index contributed by atoms with van der Waals surface area (Å²) in [5.41, 5.74) is 8.39. The van der Waals surface area contributed by atoms with Gasteiger partial charge in [0.1, 0.15) is 6.04 Å². The highest BCUT2D eigenvalue weighted by Gasteiger charge is 2.45. The quantitative estimate of drug-likeness (QED) is 0.0214. The fraction of sp³-hybridized carbons (Fsp3) is 0.478. The van der Waals surface area contributed by atoms with Crippen LogP contribution in [0, 0.1) is 11.3 Å². The number of sulfonamides is 1. The molecule has 9 rings (SSSR count). The van der Waals surface area contributed by atoms with Crippen molar-refractivity contribution in [3.63, 3.8) is 0 Å². The fourth-order valence-corrected chi connectivity index (χ4v) is 15.1. The summed E-state index contributed by atoms with van der Waals surface area (Å²) in [5, 5.41) is 6.00. The smallest absolute Gasteiger partial charge is 0.264 e. The number of carbonyl (C=O) groups excluding carboxylic acids is 5. The first-order chi connectivity index (χ1) is 41.1. The summed E-state index contributed by atoms with van der Waals surface area (Å²) in [6, 6.07) is 26.5. The summed E-state index contributed by atoms with van der Waals surface area (Å²) in [6.45, 7) is 26.3. The van der Waals surface area contributed by atoms with Crippen molar-refractivity contribution in [3.05, 3.63) is 143 Å². The van der Waals surface area contributed by atoms with Gasteiger partial charge in [-0.2, -0.15) is 0 Å². The molecular formula is C67H87N9O7S3. The molecule has 16 nitrogen and oxygen atoms in total. The van der Waals surface area contributed by atoms with Crippen LogP contribution in [0.2, 0.25) is 0 Å². The number of nitrogens with zero attached hydrogens (tertiary/aromatic N) is 6. The Morgan fingerprint density at radius 1 is 0.860 bits per heavy atom. The molecule has 0 spiro atoms. The number of anilines is 3. The van der Waals surface area contributed by atoms with Gasteiger partial charge in [0, 0.05) is 130 Å². The van der Waals surface area contributed by atoms with E-state index in [1.54, 1.807) is 53.7 Å². The lowest BCUT2D eigenvalue weighted by Gasteiger charge is -2.39. The molecule has 4 aromatic rings. The Hall–Kier alpha value is -6.38. The number of nitrogens with one attached hydrogen (secondary N) is 3. The minimum Gasteiger partial charge on any atom is -0.384 e. The summed E-state index contributed by atoms with van der Waals surface area (Å²) in [4.78, 5) is 80.5. The number of unbranched alkanes of at least 4 members (excludes halogenated alkanes) is 2. The Bertz CT molecular complexity index is 3300. The minimum absolute atomic E-state index is 0.0428. The predicted molar refractivity (Wildman–Crippen MR) is 348 cm³/mol. The zero-order valence-corrected chi connectivity index (χ0v) is 53.4. The van der Waals surface area contributed by atoms with Crippen molar-refractivity contribution in [3.8, 4) is 0 Å². The van der Waals surface area contributed by atoms with E-state index in [2.05, 4.69) is 87.9 Å². The Morgan fingerprint density at radius 3 is 2.28 bits per heavy atom. The molecule has 2 unspecified atom stereocenters. The number of fused-ring (bicyclic) bond motifs is 1. The van der Waals surface area contributed by atoms with Gasteiger partial charge in [0.2, 0.25) is 11.8 Å². The van der Waals surface area contributed by atoms with Gasteiger partial charge in [-0.1, -0.05) is 82.7 Å². The Morgan fingerprint density at radius 2 is 1.58 bits per heavy atom. The van der Waals surface area contributed by atoms with Crippen molar-refractivity contribution in [2.75, 3.05) is 99.9 Å². The van der Waals surface area contributed by atoms with Crippen molar-refractivity contribution in [2.24, 2.45) is 11.3 Å². The van der Waals surface area contributed by atoms with Crippen molar-refractivity contribution in [2.45, 2.75) is 125 Å².